The molecule has 0 aliphatic heterocycles. The molecule has 2 heterocycles. The van der Waals surface area contributed by atoms with Crippen molar-refractivity contribution in [2.24, 2.45) is 12.8 Å². The summed E-state index contributed by atoms with van der Waals surface area (Å²) in [7, 11) is -2.39. The molecular weight excluding hydrogens is 425 g/mol. The number of nitrogens with two attached hydrogens (primary N) is 1. The average molecular weight is 442 g/mol. The fourth-order valence-electron chi connectivity index (χ4n) is 2.95. The number of fused-ring (bicyclic) bond motifs is 1. The summed E-state index contributed by atoms with van der Waals surface area (Å²) in [6.45, 7) is 1.75. The predicted molar refractivity (Wildman–Crippen MR) is 102 cm³/mol. The number of nitrogens with zero attached hydrogens (tertiary/aromatic N) is 3. The van der Waals surface area contributed by atoms with Gasteiger partial charge in [0.25, 0.3) is 5.91 Å². The molecular formula is C18H17F3N4O4S. The van der Waals surface area contributed by atoms with Gasteiger partial charge in [-0.25, -0.2) is 18.4 Å². The molecule has 3 aromatic rings. The summed E-state index contributed by atoms with van der Waals surface area (Å²) in [5.41, 5.74) is 4.21. The van der Waals surface area contributed by atoms with Crippen LogP contribution in [0.2, 0.25) is 0 Å². The number of ether oxygens (including phenoxy) is 1. The van der Waals surface area contributed by atoms with E-state index in [1.165, 1.54) is 17.7 Å². The molecule has 0 saturated heterocycles. The highest BCUT2D eigenvalue weighted by atomic mass is 32.2. The van der Waals surface area contributed by atoms with Gasteiger partial charge in [-0.05, 0) is 25.1 Å². The maximum Gasteiger partial charge on any atom is 0.416 e. The van der Waals surface area contributed by atoms with E-state index in [1.54, 1.807) is 6.92 Å². The largest absolute Gasteiger partial charge is 0.491 e. The average Bonchev–Trinajstić information content (AvgIpc) is 2.96. The third-order valence-corrected chi connectivity index (χ3v) is 5.42. The van der Waals surface area contributed by atoms with Gasteiger partial charge in [-0.1, -0.05) is 0 Å². The Hall–Kier alpha value is -3.15. The van der Waals surface area contributed by atoms with Gasteiger partial charge in [0.1, 0.15) is 5.69 Å². The minimum Gasteiger partial charge on any atom is -0.491 e. The van der Waals surface area contributed by atoms with E-state index >= 15 is 0 Å². The third-order valence-electron chi connectivity index (χ3n) is 4.31. The smallest absolute Gasteiger partial charge is 0.416 e. The molecule has 0 atom stereocenters. The number of amides is 1. The van der Waals surface area contributed by atoms with Crippen molar-refractivity contribution >= 4 is 26.8 Å². The maximum absolute atomic E-state index is 13.0. The Labute approximate surface area is 169 Å². The maximum atomic E-state index is 13.0. The number of halogens is 3. The predicted octanol–water partition coefficient (Wildman–Crippen LogP) is 2.56. The normalized spacial score (nSPS) is 12.3. The number of imidazole rings is 1. The fourth-order valence-corrected chi connectivity index (χ4v) is 3.76. The number of rotatable bonds is 5. The number of carbonyl (C=O) groups excluding carboxylic acids is 1. The number of primary amides is 1. The van der Waals surface area contributed by atoms with Crippen LogP contribution in [0.5, 0.6) is 5.75 Å². The molecule has 1 amide bonds. The fraction of sp³-hybridized carbons (Fsp3) is 0.278. The molecule has 2 aromatic heterocycles. The Bertz CT molecular complexity index is 1270. The molecule has 2 N–H and O–H groups in total. The first kappa shape index (κ1) is 21.6. The van der Waals surface area contributed by atoms with Gasteiger partial charge in [0.05, 0.1) is 28.1 Å². The Morgan fingerprint density at radius 2 is 1.90 bits per heavy atom. The van der Waals surface area contributed by atoms with E-state index < -0.39 is 27.5 Å². The van der Waals surface area contributed by atoms with Crippen molar-refractivity contribution in [2.45, 2.75) is 18.0 Å². The summed E-state index contributed by atoms with van der Waals surface area (Å²) in [5.74, 6) is -1.12. The molecule has 30 heavy (non-hydrogen) atoms. The van der Waals surface area contributed by atoms with E-state index in [0.29, 0.717) is 5.52 Å². The second kappa shape index (κ2) is 7.27. The van der Waals surface area contributed by atoms with Crippen LogP contribution in [0.1, 0.15) is 23.0 Å². The minimum absolute atomic E-state index is 0.0157. The molecule has 0 bridgehead atoms. The number of alkyl halides is 3. The van der Waals surface area contributed by atoms with Crippen molar-refractivity contribution in [1.82, 2.24) is 14.5 Å². The van der Waals surface area contributed by atoms with E-state index in [4.69, 9.17) is 10.5 Å². The summed E-state index contributed by atoms with van der Waals surface area (Å²) in [6.07, 6.45) is -3.64. The van der Waals surface area contributed by atoms with E-state index in [1.807, 2.05) is 0 Å². The molecule has 0 fully saturated rings. The van der Waals surface area contributed by atoms with Crippen molar-refractivity contribution in [1.29, 1.82) is 0 Å². The number of sulfone groups is 1. The van der Waals surface area contributed by atoms with E-state index in [2.05, 4.69) is 9.97 Å². The Morgan fingerprint density at radius 1 is 1.23 bits per heavy atom. The minimum atomic E-state index is -4.57. The van der Waals surface area contributed by atoms with Crippen LogP contribution in [0.4, 0.5) is 13.2 Å². The van der Waals surface area contributed by atoms with Gasteiger partial charge in [0, 0.05) is 19.4 Å². The number of aryl methyl sites for hydroxylation is 1. The molecule has 160 valence electrons. The molecule has 8 nitrogen and oxygen atoms in total. The van der Waals surface area contributed by atoms with Crippen LogP contribution in [0.15, 0.2) is 29.2 Å². The SMILES string of the molecule is CCOc1cc(S(C)(=O)=O)c(-c2nc3cc(C(F)(F)F)ccc3n2C)nc1C(N)=O. The number of benzene rings is 1. The summed E-state index contributed by atoms with van der Waals surface area (Å²) in [6, 6.07) is 4.08. The molecule has 0 aliphatic rings. The van der Waals surface area contributed by atoms with Gasteiger partial charge in [0.15, 0.2) is 27.1 Å². The van der Waals surface area contributed by atoms with Crippen LogP contribution in [-0.4, -0.2) is 41.7 Å². The Kier molecular flexibility index (Phi) is 5.23. The number of pyridine rings is 1. The van der Waals surface area contributed by atoms with Crippen molar-refractivity contribution in [3.8, 4) is 17.3 Å². The lowest BCUT2D eigenvalue weighted by Gasteiger charge is -2.13. The lowest BCUT2D eigenvalue weighted by Crippen LogP contribution is -2.18. The van der Waals surface area contributed by atoms with E-state index in [-0.39, 0.29) is 40.0 Å². The molecule has 1 aromatic carbocycles. The lowest BCUT2D eigenvalue weighted by molar-refractivity contribution is -0.137. The highest BCUT2D eigenvalue weighted by molar-refractivity contribution is 7.90. The molecule has 0 unspecified atom stereocenters. The summed E-state index contributed by atoms with van der Waals surface area (Å²) < 4.78 is 70.5. The lowest BCUT2D eigenvalue weighted by atomic mass is 10.2. The molecule has 0 saturated carbocycles. The van der Waals surface area contributed by atoms with Crippen LogP contribution in [-0.2, 0) is 23.1 Å². The zero-order valence-corrected chi connectivity index (χ0v) is 16.9. The summed E-state index contributed by atoms with van der Waals surface area (Å²) >= 11 is 0. The van der Waals surface area contributed by atoms with E-state index in [9.17, 15) is 26.4 Å². The topological polar surface area (TPSA) is 117 Å². The number of hydrogen-bond acceptors (Lipinski definition) is 6. The number of aromatic nitrogens is 3. The highest BCUT2D eigenvalue weighted by Gasteiger charge is 2.32. The van der Waals surface area contributed by atoms with Gasteiger partial charge in [-0.2, -0.15) is 13.2 Å². The van der Waals surface area contributed by atoms with Crippen molar-refractivity contribution in [3.63, 3.8) is 0 Å². The van der Waals surface area contributed by atoms with Gasteiger partial charge < -0.3 is 15.0 Å². The first-order chi connectivity index (χ1) is 13.8. The quantitative estimate of drug-likeness (QED) is 0.649. The molecule has 0 aliphatic carbocycles. The molecule has 12 heteroatoms. The Balaban J connectivity index is 2.36. The number of carbonyl (C=O) groups is 1. The first-order valence-electron chi connectivity index (χ1n) is 8.56. The summed E-state index contributed by atoms with van der Waals surface area (Å²) in [4.78, 5) is 19.8. The van der Waals surface area contributed by atoms with Crippen LogP contribution in [0.3, 0.4) is 0 Å². The van der Waals surface area contributed by atoms with Gasteiger partial charge in [0.2, 0.25) is 0 Å². The van der Waals surface area contributed by atoms with Crippen molar-refractivity contribution in [3.05, 3.63) is 35.5 Å². The monoisotopic (exact) mass is 442 g/mol. The van der Waals surface area contributed by atoms with Gasteiger partial charge >= 0.3 is 6.18 Å². The van der Waals surface area contributed by atoms with E-state index in [0.717, 1.165) is 24.5 Å². The van der Waals surface area contributed by atoms with Crippen LogP contribution < -0.4 is 10.5 Å². The van der Waals surface area contributed by atoms with Crippen LogP contribution in [0.25, 0.3) is 22.6 Å². The number of hydrogen-bond donors (Lipinski definition) is 1. The van der Waals surface area contributed by atoms with Gasteiger partial charge in [-0.15, -0.1) is 0 Å². The first-order valence-corrected chi connectivity index (χ1v) is 10.5. The standard InChI is InChI=1S/C18H17F3N4O4S/c1-4-29-12-8-13(30(3,27)28)15(24-14(12)16(22)26)17-23-10-7-9(18(19,20)21)5-6-11(10)25(17)2/h5-8H,4H2,1-3H3,(H2,22,26). The second-order valence-corrected chi connectivity index (χ2v) is 8.43. The van der Waals surface area contributed by atoms with Crippen molar-refractivity contribution in [2.75, 3.05) is 12.9 Å². The van der Waals surface area contributed by atoms with Crippen LogP contribution >= 0.6 is 0 Å². The molecule has 3 rings (SSSR count). The Morgan fingerprint density at radius 3 is 2.43 bits per heavy atom. The highest BCUT2D eigenvalue weighted by Crippen LogP contribution is 2.35. The van der Waals surface area contributed by atoms with Crippen LogP contribution in [0, 0.1) is 0 Å². The third kappa shape index (κ3) is 3.82. The molecule has 0 radical (unpaired) electrons. The summed E-state index contributed by atoms with van der Waals surface area (Å²) in [5, 5.41) is 0. The zero-order valence-electron chi connectivity index (χ0n) is 16.1. The molecule has 0 spiro atoms. The van der Waals surface area contributed by atoms with Gasteiger partial charge in [-0.3, -0.25) is 4.79 Å². The zero-order chi connectivity index (χ0) is 22.4. The van der Waals surface area contributed by atoms with Crippen molar-refractivity contribution < 1.29 is 31.1 Å². The second-order valence-electron chi connectivity index (χ2n) is 6.45.